The van der Waals surface area contributed by atoms with Crippen molar-refractivity contribution < 1.29 is 0 Å². The maximum absolute atomic E-state index is 2.18. The molecule has 0 atom stereocenters. The van der Waals surface area contributed by atoms with Gasteiger partial charge in [0.15, 0.2) is 0 Å². The summed E-state index contributed by atoms with van der Waals surface area (Å²) in [6.45, 7) is 8.32. The maximum atomic E-state index is 2.18. The van der Waals surface area contributed by atoms with Crippen LogP contribution in [-0.4, -0.2) is 0 Å². The summed E-state index contributed by atoms with van der Waals surface area (Å²) in [5.74, 6) is 0. The van der Waals surface area contributed by atoms with Gasteiger partial charge >= 0.3 is 0 Å². The molecule has 0 N–H and O–H groups in total. The van der Waals surface area contributed by atoms with E-state index in [2.05, 4.69) is 26.0 Å². The summed E-state index contributed by atoms with van der Waals surface area (Å²) >= 11 is 0. The van der Waals surface area contributed by atoms with Gasteiger partial charge in [0.2, 0.25) is 0 Å². The molecule has 0 heteroatoms. The van der Waals surface area contributed by atoms with Crippen molar-refractivity contribution in [2.24, 2.45) is 0 Å². The van der Waals surface area contributed by atoms with Crippen LogP contribution in [-0.2, 0) is 0 Å². The Hall–Kier alpha value is -0.520. The number of allylic oxidation sites excluding steroid dienone is 4. The van der Waals surface area contributed by atoms with Crippen LogP contribution in [0.5, 0.6) is 0 Å². The van der Waals surface area contributed by atoms with Gasteiger partial charge in [-0.2, -0.15) is 0 Å². The van der Waals surface area contributed by atoms with Crippen molar-refractivity contribution in [2.45, 2.75) is 34.1 Å². The molecule has 0 radical (unpaired) electrons. The molecule has 0 fully saturated rings. The van der Waals surface area contributed by atoms with Crippen LogP contribution in [0, 0.1) is 0 Å². The third kappa shape index (κ3) is 3.12. The molecular weight excluding hydrogens is 108 g/mol. The molecule has 0 aliphatic heterocycles. The van der Waals surface area contributed by atoms with E-state index in [1.807, 2.05) is 13.8 Å². The van der Waals surface area contributed by atoms with E-state index >= 15 is 0 Å². The fourth-order valence-corrected chi connectivity index (χ4v) is 0.842. The van der Waals surface area contributed by atoms with Crippen molar-refractivity contribution in [3.05, 3.63) is 23.3 Å². The van der Waals surface area contributed by atoms with Crippen LogP contribution < -0.4 is 0 Å². The summed E-state index contributed by atoms with van der Waals surface area (Å²) in [5.41, 5.74) is 2.97. The first-order valence-electron chi connectivity index (χ1n) is 3.62. The molecule has 0 aromatic heterocycles. The van der Waals surface area contributed by atoms with Gasteiger partial charge in [0.25, 0.3) is 0 Å². The summed E-state index contributed by atoms with van der Waals surface area (Å²) in [6, 6.07) is 0. The van der Waals surface area contributed by atoms with Gasteiger partial charge in [-0.05, 0) is 20.3 Å². The minimum Gasteiger partial charge on any atom is -0.0693 e. The van der Waals surface area contributed by atoms with Crippen LogP contribution in [0.25, 0.3) is 0 Å². The third-order valence-electron chi connectivity index (χ3n) is 1.21. The van der Waals surface area contributed by atoms with Crippen molar-refractivity contribution in [2.75, 3.05) is 0 Å². The quantitative estimate of drug-likeness (QED) is 0.464. The Morgan fingerprint density at radius 1 is 1.00 bits per heavy atom. The zero-order chi connectivity index (χ0) is 7.28. The van der Waals surface area contributed by atoms with E-state index in [4.69, 9.17) is 0 Å². The Morgan fingerprint density at radius 3 is 1.44 bits per heavy atom. The Balaban J connectivity index is 0.000000291. The average molecular weight is 124 g/mol. The number of hydrogen-bond donors (Lipinski definition) is 0. The highest BCUT2D eigenvalue weighted by molar-refractivity contribution is 5.27. The smallest absolute Gasteiger partial charge is 0.0108 e. The molecular formula is C9H16. The number of hydrogen-bond acceptors (Lipinski definition) is 0. The van der Waals surface area contributed by atoms with Gasteiger partial charge in [0.05, 0.1) is 0 Å². The second kappa shape index (κ2) is 4.37. The molecule has 0 bridgehead atoms. The van der Waals surface area contributed by atoms with Gasteiger partial charge in [-0.15, -0.1) is 0 Å². The topological polar surface area (TPSA) is 0 Å². The second-order valence-electron chi connectivity index (χ2n) is 2.20. The van der Waals surface area contributed by atoms with Crippen molar-refractivity contribution in [3.8, 4) is 0 Å². The molecule has 52 valence electrons. The lowest BCUT2D eigenvalue weighted by Gasteiger charge is -1.87. The second-order valence-corrected chi connectivity index (χ2v) is 2.20. The largest absolute Gasteiger partial charge is 0.0693 e. The first-order valence-corrected chi connectivity index (χ1v) is 3.62. The molecule has 0 spiro atoms. The van der Waals surface area contributed by atoms with Gasteiger partial charge in [0.1, 0.15) is 0 Å². The predicted molar refractivity (Wildman–Crippen MR) is 43.5 cm³/mol. The molecule has 0 saturated carbocycles. The summed E-state index contributed by atoms with van der Waals surface area (Å²) in [7, 11) is 0. The molecule has 1 aliphatic rings. The van der Waals surface area contributed by atoms with Gasteiger partial charge < -0.3 is 0 Å². The van der Waals surface area contributed by atoms with E-state index in [0.29, 0.717) is 0 Å². The van der Waals surface area contributed by atoms with Crippen molar-refractivity contribution in [1.29, 1.82) is 0 Å². The predicted octanol–water partition coefficient (Wildman–Crippen LogP) is 3.31. The van der Waals surface area contributed by atoms with E-state index in [9.17, 15) is 0 Å². The maximum Gasteiger partial charge on any atom is -0.0108 e. The minimum atomic E-state index is 1.19. The fraction of sp³-hybridized carbons (Fsp3) is 0.556. The zero-order valence-corrected chi connectivity index (χ0v) is 6.86. The first-order chi connectivity index (χ1) is 4.29. The zero-order valence-electron chi connectivity index (χ0n) is 6.86. The number of rotatable bonds is 0. The highest BCUT2D eigenvalue weighted by Crippen LogP contribution is 2.15. The Labute approximate surface area is 58.3 Å². The van der Waals surface area contributed by atoms with Gasteiger partial charge in [0, 0.05) is 0 Å². The summed E-state index contributed by atoms with van der Waals surface area (Å²) in [6.07, 6.45) is 5.55. The van der Waals surface area contributed by atoms with Crippen LogP contribution in [0.2, 0.25) is 0 Å². The van der Waals surface area contributed by atoms with Crippen LogP contribution in [0.15, 0.2) is 23.3 Å². The molecule has 0 saturated heterocycles. The first kappa shape index (κ1) is 8.48. The standard InChI is InChI=1S/C7H10.C2H6/c1-6-3-4-7(2)5-6;1-2/h3-4H,5H2,1-2H3;1-2H3. The fourth-order valence-electron chi connectivity index (χ4n) is 0.842. The van der Waals surface area contributed by atoms with Gasteiger partial charge in [-0.1, -0.05) is 37.1 Å². The van der Waals surface area contributed by atoms with E-state index in [1.165, 1.54) is 17.6 Å². The molecule has 9 heavy (non-hydrogen) atoms. The molecule has 0 amide bonds. The highest BCUT2D eigenvalue weighted by Gasteiger charge is 1.95. The SMILES string of the molecule is CC.CC1=CC=C(C)C1. The highest BCUT2D eigenvalue weighted by atomic mass is 14.0. The molecule has 0 aromatic rings. The van der Waals surface area contributed by atoms with E-state index in [0.717, 1.165) is 0 Å². The lowest BCUT2D eigenvalue weighted by molar-refractivity contribution is 1.15. The average Bonchev–Trinajstić information content (AvgIpc) is 2.20. The Bertz CT molecular complexity index is 111. The van der Waals surface area contributed by atoms with Gasteiger partial charge in [-0.3, -0.25) is 0 Å². The molecule has 0 heterocycles. The summed E-state index contributed by atoms with van der Waals surface area (Å²) in [5, 5.41) is 0. The van der Waals surface area contributed by atoms with Gasteiger partial charge in [-0.25, -0.2) is 0 Å². The van der Waals surface area contributed by atoms with Crippen molar-refractivity contribution in [1.82, 2.24) is 0 Å². The normalized spacial score (nSPS) is 15.6. The lowest BCUT2D eigenvalue weighted by atomic mass is 10.2. The summed E-state index contributed by atoms with van der Waals surface area (Å²) in [4.78, 5) is 0. The van der Waals surface area contributed by atoms with Crippen LogP contribution in [0.4, 0.5) is 0 Å². The monoisotopic (exact) mass is 124 g/mol. The minimum absolute atomic E-state index is 1.19. The van der Waals surface area contributed by atoms with Crippen LogP contribution >= 0.6 is 0 Å². The van der Waals surface area contributed by atoms with Crippen LogP contribution in [0.1, 0.15) is 34.1 Å². The van der Waals surface area contributed by atoms with Crippen molar-refractivity contribution in [3.63, 3.8) is 0 Å². The lowest BCUT2D eigenvalue weighted by Crippen LogP contribution is -1.67. The summed E-state index contributed by atoms with van der Waals surface area (Å²) < 4.78 is 0. The van der Waals surface area contributed by atoms with Crippen molar-refractivity contribution >= 4 is 0 Å². The molecule has 0 unspecified atom stereocenters. The third-order valence-corrected chi connectivity index (χ3v) is 1.21. The van der Waals surface area contributed by atoms with E-state index < -0.39 is 0 Å². The molecule has 1 aliphatic carbocycles. The molecule has 1 rings (SSSR count). The van der Waals surface area contributed by atoms with Crippen LogP contribution in [0.3, 0.4) is 0 Å². The van der Waals surface area contributed by atoms with E-state index in [1.54, 1.807) is 0 Å². The van der Waals surface area contributed by atoms with E-state index in [-0.39, 0.29) is 0 Å². The molecule has 0 aromatic carbocycles. The Morgan fingerprint density at radius 2 is 1.33 bits per heavy atom. The molecule has 0 nitrogen and oxygen atoms in total. The Kier molecular flexibility index (Phi) is 4.12.